The number of hydrogen-bond donors (Lipinski definition) is 0. The molecule has 0 saturated heterocycles. The van der Waals surface area contributed by atoms with Crippen molar-refractivity contribution in [1.82, 2.24) is 0 Å². The zero-order valence-corrected chi connectivity index (χ0v) is 12.1. The first-order valence-electron chi connectivity index (χ1n) is 4.72. The van der Waals surface area contributed by atoms with Gasteiger partial charge in [0.2, 0.25) is 0 Å². The van der Waals surface area contributed by atoms with Gasteiger partial charge in [-0.2, -0.15) is 0 Å². The van der Waals surface area contributed by atoms with E-state index in [1.165, 1.54) is 6.42 Å². The molecule has 0 nitrogen and oxygen atoms in total. The fourth-order valence-electron chi connectivity index (χ4n) is 1.72. The quantitative estimate of drug-likeness (QED) is 0.566. The molecule has 1 rings (SSSR count). The van der Waals surface area contributed by atoms with Gasteiger partial charge < -0.3 is 0 Å². The van der Waals surface area contributed by atoms with Crippen molar-refractivity contribution < 1.29 is 0 Å². The molecule has 0 fully saturated rings. The second kappa shape index (κ2) is 4.23. The summed E-state index contributed by atoms with van der Waals surface area (Å²) in [6, 6.07) is 0. The second-order valence-electron chi connectivity index (χ2n) is 3.17. The maximum atomic E-state index is 2.56. The Morgan fingerprint density at radius 1 is 1.09 bits per heavy atom. The van der Waals surface area contributed by atoms with E-state index in [4.69, 9.17) is 0 Å². The van der Waals surface area contributed by atoms with Crippen molar-refractivity contribution in [2.45, 2.75) is 26.1 Å². The van der Waals surface area contributed by atoms with Crippen molar-refractivity contribution in [2.75, 3.05) is 0 Å². The third-order valence-electron chi connectivity index (χ3n) is 2.53. The SMILES string of the molecule is C[SiH2]C1=CC([SiH2]C)=C([SiH2]C)C1. The van der Waals surface area contributed by atoms with Gasteiger partial charge in [-0.15, -0.1) is 0 Å². The molecule has 0 spiro atoms. The Kier molecular flexibility index (Phi) is 3.55. The highest BCUT2D eigenvalue weighted by atomic mass is 28.2. The van der Waals surface area contributed by atoms with Crippen LogP contribution in [0.4, 0.5) is 0 Å². The third-order valence-corrected chi connectivity index (χ3v) is 7.42. The Morgan fingerprint density at radius 3 is 2.18 bits per heavy atom. The van der Waals surface area contributed by atoms with Gasteiger partial charge >= 0.3 is 0 Å². The number of hydrogen-bond acceptors (Lipinski definition) is 0. The average Bonchev–Trinajstić information content (AvgIpc) is 2.46. The number of allylic oxidation sites excluding steroid dienone is 4. The van der Waals surface area contributed by atoms with Crippen molar-refractivity contribution >= 4 is 28.6 Å². The topological polar surface area (TPSA) is 0 Å². The first kappa shape index (κ1) is 9.22. The van der Waals surface area contributed by atoms with Crippen LogP contribution in [0, 0.1) is 0 Å². The van der Waals surface area contributed by atoms with Crippen LogP contribution in [0.1, 0.15) is 6.42 Å². The fraction of sp³-hybridized carbons (Fsp3) is 0.500. The van der Waals surface area contributed by atoms with Gasteiger partial charge in [-0.25, -0.2) is 0 Å². The van der Waals surface area contributed by atoms with E-state index in [1.807, 2.05) is 15.6 Å². The molecule has 62 valence electrons. The van der Waals surface area contributed by atoms with Crippen LogP contribution in [-0.4, -0.2) is 28.6 Å². The molecule has 11 heavy (non-hydrogen) atoms. The Labute approximate surface area is 76.6 Å². The van der Waals surface area contributed by atoms with Crippen LogP contribution in [0.3, 0.4) is 0 Å². The molecule has 1 aliphatic rings. The van der Waals surface area contributed by atoms with Crippen molar-refractivity contribution in [2.24, 2.45) is 0 Å². The molecular weight excluding hydrogens is 180 g/mol. The van der Waals surface area contributed by atoms with E-state index in [9.17, 15) is 0 Å². The summed E-state index contributed by atoms with van der Waals surface area (Å²) in [6.45, 7) is 7.28. The average molecular weight is 198 g/mol. The molecule has 0 radical (unpaired) electrons. The highest BCUT2D eigenvalue weighted by Gasteiger charge is 2.11. The molecule has 0 aromatic carbocycles. The standard InChI is InChI=1S/C8H18Si3/c1-9-6-4-7(10-2)8(5-6)11-3/h4H,5,9-11H2,1-3H3. The van der Waals surface area contributed by atoms with Gasteiger partial charge in [0, 0.05) is 19.0 Å². The molecule has 0 bridgehead atoms. The molecule has 0 saturated carbocycles. The summed E-state index contributed by atoms with van der Waals surface area (Å²) in [6.07, 6.45) is 3.98. The van der Waals surface area contributed by atoms with Crippen LogP contribution < -0.4 is 0 Å². The lowest BCUT2D eigenvalue weighted by Crippen LogP contribution is -1.96. The summed E-state index contributed by atoms with van der Waals surface area (Å²) in [5.41, 5.74) is 0. The molecule has 3 heteroatoms. The Morgan fingerprint density at radius 2 is 1.82 bits per heavy atom. The van der Waals surface area contributed by atoms with Gasteiger partial charge in [0.15, 0.2) is 0 Å². The van der Waals surface area contributed by atoms with Crippen LogP contribution in [-0.2, 0) is 0 Å². The predicted octanol–water partition coefficient (Wildman–Crippen LogP) is 0.136. The monoisotopic (exact) mass is 198 g/mol. The fourth-order valence-corrected chi connectivity index (χ4v) is 7.11. The summed E-state index contributed by atoms with van der Waals surface area (Å²) in [5.74, 6) is 0. The predicted molar refractivity (Wildman–Crippen MR) is 63.0 cm³/mol. The highest BCUT2D eigenvalue weighted by Crippen LogP contribution is 2.22. The molecule has 0 aromatic heterocycles. The highest BCUT2D eigenvalue weighted by molar-refractivity contribution is 6.55. The lowest BCUT2D eigenvalue weighted by Gasteiger charge is -2.00. The summed E-state index contributed by atoms with van der Waals surface area (Å²) in [5, 5.41) is 5.57. The maximum Gasteiger partial charge on any atom is 0.0510 e. The van der Waals surface area contributed by atoms with Crippen molar-refractivity contribution in [1.29, 1.82) is 0 Å². The molecular formula is C8H18Si3. The van der Waals surface area contributed by atoms with Gasteiger partial charge in [-0.05, 0) is 6.42 Å². The van der Waals surface area contributed by atoms with Crippen LogP contribution >= 0.6 is 0 Å². The van der Waals surface area contributed by atoms with E-state index in [2.05, 4.69) is 25.7 Å². The minimum absolute atomic E-state index is 0.151. The van der Waals surface area contributed by atoms with Gasteiger partial charge in [-0.1, -0.05) is 41.3 Å². The number of rotatable bonds is 3. The Hall–Kier alpha value is 0.131. The molecule has 0 amide bonds. The van der Waals surface area contributed by atoms with Crippen LogP contribution in [0.5, 0.6) is 0 Å². The maximum absolute atomic E-state index is 2.56. The van der Waals surface area contributed by atoms with E-state index in [1.54, 1.807) is 0 Å². The minimum atomic E-state index is 0.151. The van der Waals surface area contributed by atoms with E-state index < -0.39 is 0 Å². The Bertz CT molecular complexity index is 203. The zero-order valence-electron chi connectivity index (χ0n) is 7.91. The summed E-state index contributed by atoms with van der Waals surface area (Å²) >= 11 is 0. The van der Waals surface area contributed by atoms with Crippen LogP contribution in [0.2, 0.25) is 19.6 Å². The van der Waals surface area contributed by atoms with Crippen molar-refractivity contribution in [3.63, 3.8) is 0 Å². The smallest absolute Gasteiger partial charge is 0.0510 e. The third kappa shape index (κ3) is 2.04. The van der Waals surface area contributed by atoms with Crippen LogP contribution in [0.25, 0.3) is 0 Å². The van der Waals surface area contributed by atoms with Gasteiger partial charge in [0.1, 0.15) is 0 Å². The largest absolute Gasteiger partial charge is 0.0860 e. The van der Waals surface area contributed by atoms with Gasteiger partial charge in [-0.3, -0.25) is 0 Å². The molecule has 0 heterocycles. The lowest BCUT2D eigenvalue weighted by atomic mass is 10.5. The molecule has 0 aliphatic heterocycles. The van der Waals surface area contributed by atoms with E-state index in [0.29, 0.717) is 0 Å². The van der Waals surface area contributed by atoms with E-state index in [-0.39, 0.29) is 28.6 Å². The molecule has 1 aliphatic carbocycles. The summed E-state index contributed by atoms with van der Waals surface area (Å²) < 4.78 is 0. The summed E-state index contributed by atoms with van der Waals surface area (Å²) in [4.78, 5) is 0. The first-order chi connectivity index (χ1) is 5.31. The second-order valence-corrected chi connectivity index (χ2v) is 7.81. The molecule has 0 aromatic rings. The van der Waals surface area contributed by atoms with E-state index >= 15 is 0 Å². The summed E-state index contributed by atoms with van der Waals surface area (Å²) in [7, 11) is 0.499. The van der Waals surface area contributed by atoms with Crippen LogP contribution in [0.15, 0.2) is 21.7 Å². The Balaban J connectivity index is 2.69. The molecule has 0 unspecified atom stereocenters. The molecule has 0 N–H and O–H groups in total. The van der Waals surface area contributed by atoms with Crippen molar-refractivity contribution in [3.05, 3.63) is 21.7 Å². The minimum Gasteiger partial charge on any atom is -0.0860 e. The van der Waals surface area contributed by atoms with Crippen molar-refractivity contribution in [3.8, 4) is 0 Å². The van der Waals surface area contributed by atoms with Gasteiger partial charge in [0.25, 0.3) is 0 Å². The van der Waals surface area contributed by atoms with E-state index in [0.717, 1.165) is 0 Å². The molecule has 0 atom stereocenters. The lowest BCUT2D eigenvalue weighted by molar-refractivity contribution is 1.35. The zero-order chi connectivity index (χ0) is 8.27. The normalized spacial score (nSPS) is 20.8. The van der Waals surface area contributed by atoms with Gasteiger partial charge in [0.05, 0.1) is 9.52 Å². The first-order valence-corrected chi connectivity index (χ1v) is 11.1.